The lowest BCUT2D eigenvalue weighted by Gasteiger charge is -2.09. The minimum absolute atomic E-state index is 0.0317. The molecule has 1 heterocycles. The van der Waals surface area contributed by atoms with Gasteiger partial charge in [0, 0.05) is 30.2 Å². The second-order valence-electron chi connectivity index (χ2n) is 4.25. The van der Waals surface area contributed by atoms with Gasteiger partial charge < -0.3 is 9.88 Å². The largest absolute Gasteiger partial charge is 0.390 e. The van der Waals surface area contributed by atoms with Crippen LogP contribution in [0.4, 0.5) is 13.2 Å². The van der Waals surface area contributed by atoms with Crippen LogP contribution in [-0.4, -0.2) is 17.8 Å². The van der Waals surface area contributed by atoms with Gasteiger partial charge in [0.15, 0.2) is 0 Å². The molecule has 5 heteroatoms. The van der Waals surface area contributed by atoms with Gasteiger partial charge in [-0.05, 0) is 24.7 Å². The molecule has 0 aliphatic carbocycles. The summed E-state index contributed by atoms with van der Waals surface area (Å²) in [5.74, 6) is 0. The molecule has 1 aromatic carbocycles. The maximum absolute atomic E-state index is 12.2. The van der Waals surface area contributed by atoms with Crippen LogP contribution in [0.5, 0.6) is 0 Å². The molecule has 0 spiro atoms. The van der Waals surface area contributed by atoms with Crippen molar-refractivity contribution < 1.29 is 13.2 Å². The number of benzene rings is 1. The fourth-order valence-electron chi connectivity index (χ4n) is 2.07. The number of aryl methyl sites for hydroxylation is 1. The molecule has 0 radical (unpaired) electrons. The summed E-state index contributed by atoms with van der Waals surface area (Å²) in [6, 6.07) is 7.58. The van der Waals surface area contributed by atoms with E-state index in [-0.39, 0.29) is 6.54 Å². The van der Waals surface area contributed by atoms with Crippen molar-refractivity contribution in [3.63, 3.8) is 0 Å². The molecule has 0 fully saturated rings. The topological polar surface area (TPSA) is 17.0 Å². The second kappa shape index (κ2) is 5.02. The predicted molar refractivity (Wildman–Crippen MR) is 65.4 cm³/mol. The number of fused-ring (bicyclic) bond motifs is 1. The highest BCUT2D eigenvalue weighted by Gasteiger charge is 2.26. The summed E-state index contributed by atoms with van der Waals surface area (Å²) < 4.78 is 38.3. The summed E-state index contributed by atoms with van der Waals surface area (Å²) in [5.41, 5.74) is 1.95. The van der Waals surface area contributed by atoms with E-state index in [0.717, 1.165) is 16.5 Å². The molecule has 0 aliphatic heterocycles. The average molecular weight is 256 g/mol. The van der Waals surface area contributed by atoms with Crippen molar-refractivity contribution in [3.8, 4) is 0 Å². The van der Waals surface area contributed by atoms with E-state index in [4.69, 9.17) is 0 Å². The summed E-state index contributed by atoms with van der Waals surface area (Å²) in [5, 5.41) is 4.06. The van der Waals surface area contributed by atoms with Crippen LogP contribution in [0.1, 0.15) is 12.0 Å². The zero-order valence-corrected chi connectivity index (χ0v) is 10.1. The molecule has 0 saturated heterocycles. The Bertz CT molecular complexity index is 529. The van der Waals surface area contributed by atoms with Crippen LogP contribution in [0, 0.1) is 0 Å². The Hall–Kier alpha value is -1.49. The van der Waals surface area contributed by atoms with E-state index in [1.807, 2.05) is 31.3 Å². The van der Waals surface area contributed by atoms with Crippen molar-refractivity contribution in [2.24, 2.45) is 0 Å². The normalized spacial score (nSPS) is 12.2. The molecule has 2 rings (SSSR count). The first-order valence-electron chi connectivity index (χ1n) is 5.79. The first-order chi connectivity index (χ1) is 8.51. The Morgan fingerprint density at radius 2 is 2.00 bits per heavy atom. The van der Waals surface area contributed by atoms with Gasteiger partial charge in [-0.15, -0.1) is 0 Å². The third-order valence-electron chi connectivity index (χ3n) is 2.91. The number of halogens is 3. The number of hydrogen-bond donors (Lipinski definition) is 1. The summed E-state index contributed by atoms with van der Waals surface area (Å²) >= 11 is 0. The number of alkyl halides is 3. The summed E-state index contributed by atoms with van der Waals surface area (Å²) in [6.45, 7) is 0.677. The molecule has 18 heavy (non-hydrogen) atoms. The minimum Gasteiger partial charge on any atom is -0.347 e. The van der Waals surface area contributed by atoms with E-state index in [1.165, 1.54) is 0 Å². The van der Waals surface area contributed by atoms with Gasteiger partial charge in [0.2, 0.25) is 0 Å². The third-order valence-corrected chi connectivity index (χ3v) is 2.91. The number of aromatic nitrogens is 1. The average Bonchev–Trinajstić information content (AvgIpc) is 2.70. The van der Waals surface area contributed by atoms with Crippen LogP contribution in [0.2, 0.25) is 0 Å². The highest BCUT2D eigenvalue weighted by Crippen LogP contribution is 2.24. The maximum Gasteiger partial charge on any atom is 0.390 e. The molecular weight excluding hydrogens is 241 g/mol. The molecule has 2 nitrogen and oxygen atoms in total. The first kappa shape index (κ1) is 13.0. The zero-order valence-electron chi connectivity index (χ0n) is 10.1. The monoisotopic (exact) mass is 256 g/mol. The molecule has 0 saturated carbocycles. The highest BCUT2D eigenvalue weighted by molar-refractivity contribution is 5.83. The molecular formula is C13H15F3N2. The van der Waals surface area contributed by atoms with Gasteiger partial charge in [-0.3, -0.25) is 0 Å². The molecule has 0 unspecified atom stereocenters. The summed E-state index contributed by atoms with van der Waals surface area (Å²) in [7, 11) is 1.85. The van der Waals surface area contributed by atoms with Crippen LogP contribution >= 0.6 is 0 Å². The van der Waals surface area contributed by atoms with Crippen LogP contribution in [-0.2, 0) is 13.1 Å². The van der Waals surface area contributed by atoms with E-state index in [9.17, 15) is 13.2 Å². The molecule has 0 amide bonds. The minimum atomic E-state index is -4.11. The van der Waals surface area contributed by atoms with Crippen molar-refractivity contribution in [1.82, 2.24) is 9.88 Å². The molecule has 0 atom stereocenters. The molecule has 0 aliphatic rings. The third kappa shape index (κ3) is 2.85. The fraction of sp³-hybridized carbons (Fsp3) is 0.385. The van der Waals surface area contributed by atoms with E-state index in [2.05, 4.69) is 5.32 Å². The van der Waals surface area contributed by atoms with Crippen molar-refractivity contribution in [3.05, 3.63) is 36.0 Å². The van der Waals surface area contributed by atoms with Crippen molar-refractivity contribution in [2.75, 3.05) is 7.05 Å². The van der Waals surface area contributed by atoms with E-state index in [0.29, 0.717) is 6.54 Å². The number of rotatable bonds is 4. The standard InChI is InChI=1S/C13H15F3N2/c1-17-9-10-3-2-4-12-11(10)5-7-18(12)8-6-13(14,15)16/h2-5,7,17H,6,8-9H2,1H3. The molecule has 2 aromatic rings. The Labute approximate surface area is 103 Å². The molecule has 1 aromatic heterocycles. The Kier molecular flexibility index (Phi) is 3.61. The van der Waals surface area contributed by atoms with Crippen LogP contribution in [0.15, 0.2) is 30.5 Å². The molecule has 1 N–H and O–H groups in total. The van der Waals surface area contributed by atoms with Crippen molar-refractivity contribution in [2.45, 2.75) is 25.7 Å². The van der Waals surface area contributed by atoms with Gasteiger partial charge in [-0.1, -0.05) is 12.1 Å². The van der Waals surface area contributed by atoms with Crippen molar-refractivity contribution in [1.29, 1.82) is 0 Å². The molecule has 98 valence electrons. The van der Waals surface area contributed by atoms with Gasteiger partial charge >= 0.3 is 6.18 Å². The van der Waals surface area contributed by atoms with E-state index >= 15 is 0 Å². The van der Waals surface area contributed by atoms with Gasteiger partial charge in [0.1, 0.15) is 0 Å². The highest BCUT2D eigenvalue weighted by atomic mass is 19.4. The zero-order chi connectivity index (χ0) is 13.2. The van der Waals surface area contributed by atoms with Gasteiger partial charge in [-0.2, -0.15) is 13.2 Å². The Balaban J connectivity index is 2.28. The second-order valence-corrected chi connectivity index (χ2v) is 4.25. The predicted octanol–water partition coefficient (Wildman–Crippen LogP) is 3.31. The quantitative estimate of drug-likeness (QED) is 0.888. The molecule has 0 bridgehead atoms. The van der Waals surface area contributed by atoms with E-state index < -0.39 is 12.6 Å². The van der Waals surface area contributed by atoms with Gasteiger partial charge in [-0.25, -0.2) is 0 Å². The smallest absolute Gasteiger partial charge is 0.347 e. The van der Waals surface area contributed by atoms with E-state index in [1.54, 1.807) is 10.8 Å². The number of nitrogens with one attached hydrogen (secondary N) is 1. The van der Waals surface area contributed by atoms with Gasteiger partial charge in [0.25, 0.3) is 0 Å². The van der Waals surface area contributed by atoms with Crippen molar-refractivity contribution >= 4 is 10.9 Å². The summed E-state index contributed by atoms with van der Waals surface area (Å²) in [6.07, 6.45) is -3.19. The lowest BCUT2D eigenvalue weighted by Crippen LogP contribution is -2.11. The Morgan fingerprint density at radius 1 is 1.22 bits per heavy atom. The fourth-order valence-corrected chi connectivity index (χ4v) is 2.07. The van der Waals surface area contributed by atoms with Crippen LogP contribution < -0.4 is 5.32 Å². The number of hydrogen-bond acceptors (Lipinski definition) is 1. The first-order valence-corrected chi connectivity index (χ1v) is 5.79. The SMILES string of the molecule is CNCc1cccc2c1ccn2CCC(F)(F)F. The number of nitrogens with zero attached hydrogens (tertiary/aromatic N) is 1. The lowest BCUT2D eigenvalue weighted by molar-refractivity contribution is -0.136. The lowest BCUT2D eigenvalue weighted by atomic mass is 10.1. The van der Waals surface area contributed by atoms with Crippen LogP contribution in [0.3, 0.4) is 0 Å². The van der Waals surface area contributed by atoms with Gasteiger partial charge in [0.05, 0.1) is 6.42 Å². The van der Waals surface area contributed by atoms with Crippen LogP contribution in [0.25, 0.3) is 10.9 Å². The maximum atomic E-state index is 12.2. The summed E-state index contributed by atoms with van der Waals surface area (Å²) in [4.78, 5) is 0. The Morgan fingerprint density at radius 3 is 2.67 bits per heavy atom.